The maximum Gasteiger partial charge on any atom is 0.269 e. The molecule has 0 aliphatic carbocycles. The highest BCUT2D eigenvalue weighted by Crippen LogP contribution is 2.26. The number of amides is 2. The normalized spacial score (nSPS) is 16.2. The fourth-order valence-electron chi connectivity index (χ4n) is 2.96. The first-order valence-electron chi connectivity index (χ1n) is 8.38. The van der Waals surface area contributed by atoms with Crippen molar-refractivity contribution in [3.8, 4) is 0 Å². The standard InChI is InChI=1S/C19H19N3O4S/c1-12-4-3-5-14(8-12)20-18(23)17-10-27-11-21(17)19(24)16-7-6-15(22(25)26)9-13(16)2/h3-9,17H,10-11H2,1-2H3,(H,20,23). The summed E-state index contributed by atoms with van der Waals surface area (Å²) in [6.45, 7) is 3.60. The molecule has 0 saturated carbocycles. The van der Waals surface area contributed by atoms with E-state index < -0.39 is 11.0 Å². The first-order chi connectivity index (χ1) is 12.9. The summed E-state index contributed by atoms with van der Waals surface area (Å²) >= 11 is 1.51. The van der Waals surface area contributed by atoms with E-state index in [0.717, 1.165) is 5.56 Å². The zero-order valence-electron chi connectivity index (χ0n) is 15.0. The molecule has 1 aliphatic heterocycles. The molecule has 8 heteroatoms. The van der Waals surface area contributed by atoms with Gasteiger partial charge in [-0.15, -0.1) is 11.8 Å². The van der Waals surface area contributed by atoms with Crippen molar-refractivity contribution < 1.29 is 14.5 Å². The third-order valence-electron chi connectivity index (χ3n) is 4.38. The van der Waals surface area contributed by atoms with Gasteiger partial charge in [-0.05, 0) is 43.2 Å². The van der Waals surface area contributed by atoms with Gasteiger partial charge in [-0.2, -0.15) is 0 Å². The zero-order valence-corrected chi connectivity index (χ0v) is 15.8. The second-order valence-corrected chi connectivity index (χ2v) is 7.41. The van der Waals surface area contributed by atoms with Crippen LogP contribution in [0.3, 0.4) is 0 Å². The summed E-state index contributed by atoms with van der Waals surface area (Å²) in [4.78, 5) is 37.5. The molecule has 140 valence electrons. The second-order valence-electron chi connectivity index (χ2n) is 6.41. The minimum Gasteiger partial charge on any atom is -0.324 e. The van der Waals surface area contributed by atoms with E-state index in [1.165, 1.54) is 34.9 Å². The molecule has 1 heterocycles. The Labute approximate surface area is 160 Å². The number of hydrogen-bond donors (Lipinski definition) is 1. The zero-order chi connectivity index (χ0) is 19.6. The van der Waals surface area contributed by atoms with Crippen molar-refractivity contribution in [3.63, 3.8) is 0 Å². The first kappa shape index (κ1) is 18.9. The van der Waals surface area contributed by atoms with Crippen molar-refractivity contribution in [2.75, 3.05) is 16.9 Å². The number of carbonyl (C=O) groups excluding carboxylic acids is 2. The highest BCUT2D eigenvalue weighted by atomic mass is 32.2. The molecular weight excluding hydrogens is 366 g/mol. The molecule has 0 spiro atoms. The number of nitrogens with zero attached hydrogens (tertiary/aromatic N) is 2. The lowest BCUT2D eigenvalue weighted by Gasteiger charge is -2.24. The van der Waals surface area contributed by atoms with E-state index in [1.807, 2.05) is 25.1 Å². The predicted octanol–water partition coefficient (Wildman–Crippen LogP) is 3.37. The molecule has 1 unspecified atom stereocenters. The summed E-state index contributed by atoms with van der Waals surface area (Å²) in [6, 6.07) is 11.0. The molecule has 1 saturated heterocycles. The summed E-state index contributed by atoms with van der Waals surface area (Å²) in [7, 11) is 0. The Morgan fingerprint density at radius 3 is 2.67 bits per heavy atom. The number of thioether (sulfide) groups is 1. The van der Waals surface area contributed by atoms with Gasteiger partial charge in [-0.3, -0.25) is 19.7 Å². The molecule has 2 aromatic rings. The highest BCUT2D eigenvalue weighted by molar-refractivity contribution is 7.99. The molecule has 2 aromatic carbocycles. The van der Waals surface area contributed by atoms with Crippen LogP contribution in [0.4, 0.5) is 11.4 Å². The van der Waals surface area contributed by atoms with E-state index in [-0.39, 0.29) is 17.5 Å². The Bertz CT molecular complexity index is 916. The Kier molecular flexibility index (Phi) is 5.46. The summed E-state index contributed by atoms with van der Waals surface area (Å²) in [6.07, 6.45) is 0. The van der Waals surface area contributed by atoms with Gasteiger partial charge in [-0.1, -0.05) is 12.1 Å². The van der Waals surface area contributed by atoms with Gasteiger partial charge in [0.1, 0.15) is 6.04 Å². The summed E-state index contributed by atoms with van der Waals surface area (Å²) < 4.78 is 0. The SMILES string of the molecule is Cc1cccc(NC(=O)C2CSCN2C(=O)c2ccc([N+](=O)[O-])cc2C)c1. The highest BCUT2D eigenvalue weighted by Gasteiger charge is 2.35. The molecule has 2 amide bonds. The average Bonchev–Trinajstić information content (AvgIpc) is 3.11. The van der Waals surface area contributed by atoms with Crippen molar-refractivity contribution in [1.29, 1.82) is 0 Å². The number of nitro benzene ring substituents is 1. The third kappa shape index (κ3) is 4.11. The molecule has 3 rings (SSSR count). The number of benzene rings is 2. The fraction of sp³-hybridized carbons (Fsp3) is 0.263. The van der Waals surface area contributed by atoms with Crippen LogP contribution in [-0.2, 0) is 4.79 Å². The molecule has 1 aliphatic rings. The molecule has 1 atom stereocenters. The number of non-ortho nitro benzene ring substituents is 1. The van der Waals surface area contributed by atoms with Crippen LogP contribution >= 0.6 is 11.8 Å². The van der Waals surface area contributed by atoms with Crippen LogP contribution in [0.1, 0.15) is 21.5 Å². The van der Waals surface area contributed by atoms with Gasteiger partial charge in [0.15, 0.2) is 0 Å². The number of nitro groups is 1. The number of anilines is 1. The van der Waals surface area contributed by atoms with Crippen LogP contribution in [0.25, 0.3) is 0 Å². The topological polar surface area (TPSA) is 92.6 Å². The number of hydrogen-bond acceptors (Lipinski definition) is 5. The lowest BCUT2D eigenvalue weighted by molar-refractivity contribution is -0.384. The largest absolute Gasteiger partial charge is 0.324 e. The van der Waals surface area contributed by atoms with Crippen molar-refractivity contribution in [2.24, 2.45) is 0 Å². The Balaban J connectivity index is 1.78. The molecule has 0 radical (unpaired) electrons. The average molecular weight is 385 g/mol. The number of carbonyl (C=O) groups is 2. The van der Waals surface area contributed by atoms with Gasteiger partial charge in [-0.25, -0.2) is 0 Å². The van der Waals surface area contributed by atoms with Gasteiger partial charge < -0.3 is 10.2 Å². The summed E-state index contributed by atoms with van der Waals surface area (Å²) in [5.41, 5.74) is 2.55. The Morgan fingerprint density at radius 2 is 2.00 bits per heavy atom. The van der Waals surface area contributed by atoms with Gasteiger partial charge in [0.25, 0.3) is 11.6 Å². The third-order valence-corrected chi connectivity index (χ3v) is 5.39. The van der Waals surface area contributed by atoms with E-state index in [2.05, 4.69) is 5.32 Å². The maximum atomic E-state index is 12.9. The quantitative estimate of drug-likeness (QED) is 0.643. The van der Waals surface area contributed by atoms with E-state index in [9.17, 15) is 19.7 Å². The number of rotatable bonds is 4. The predicted molar refractivity (Wildman–Crippen MR) is 105 cm³/mol. The van der Waals surface area contributed by atoms with Crippen LogP contribution in [0.5, 0.6) is 0 Å². The lowest BCUT2D eigenvalue weighted by atomic mass is 10.1. The molecule has 0 bridgehead atoms. The van der Waals surface area contributed by atoms with E-state index in [4.69, 9.17) is 0 Å². The van der Waals surface area contributed by atoms with Crippen LogP contribution in [0.2, 0.25) is 0 Å². The monoisotopic (exact) mass is 385 g/mol. The van der Waals surface area contributed by atoms with Gasteiger partial charge in [0, 0.05) is 29.1 Å². The van der Waals surface area contributed by atoms with Crippen molar-refractivity contribution in [2.45, 2.75) is 19.9 Å². The smallest absolute Gasteiger partial charge is 0.269 e. The minimum atomic E-state index is -0.586. The first-order valence-corrected chi connectivity index (χ1v) is 9.53. The molecule has 0 aromatic heterocycles. The van der Waals surface area contributed by atoms with Crippen molar-refractivity contribution in [1.82, 2.24) is 4.90 Å². The Hall–Kier alpha value is -2.87. The van der Waals surface area contributed by atoms with Crippen LogP contribution in [-0.4, -0.2) is 39.3 Å². The molecule has 1 N–H and O–H groups in total. The van der Waals surface area contributed by atoms with Gasteiger partial charge in [0.05, 0.1) is 10.8 Å². The van der Waals surface area contributed by atoms with Crippen LogP contribution in [0, 0.1) is 24.0 Å². The molecule has 27 heavy (non-hydrogen) atoms. The van der Waals surface area contributed by atoms with E-state index >= 15 is 0 Å². The van der Waals surface area contributed by atoms with E-state index in [1.54, 1.807) is 13.0 Å². The van der Waals surface area contributed by atoms with E-state index in [0.29, 0.717) is 28.4 Å². The maximum absolute atomic E-state index is 12.9. The number of nitrogens with one attached hydrogen (secondary N) is 1. The van der Waals surface area contributed by atoms with Crippen molar-refractivity contribution >= 4 is 35.0 Å². The summed E-state index contributed by atoms with van der Waals surface area (Å²) in [5, 5.41) is 13.7. The molecule has 7 nitrogen and oxygen atoms in total. The molecular formula is C19H19N3O4S. The van der Waals surface area contributed by atoms with Crippen LogP contribution in [0.15, 0.2) is 42.5 Å². The van der Waals surface area contributed by atoms with Gasteiger partial charge >= 0.3 is 0 Å². The second kappa shape index (κ2) is 7.79. The van der Waals surface area contributed by atoms with Crippen molar-refractivity contribution in [3.05, 3.63) is 69.3 Å². The van der Waals surface area contributed by atoms with Gasteiger partial charge in [0.2, 0.25) is 5.91 Å². The summed E-state index contributed by atoms with van der Waals surface area (Å²) in [5.74, 6) is 0.381. The van der Waals surface area contributed by atoms with Crippen LogP contribution < -0.4 is 5.32 Å². The lowest BCUT2D eigenvalue weighted by Crippen LogP contribution is -2.44. The minimum absolute atomic E-state index is 0.0615. The number of aryl methyl sites for hydroxylation is 2. The Morgan fingerprint density at radius 1 is 1.22 bits per heavy atom. The fourth-order valence-corrected chi connectivity index (χ4v) is 4.12. The molecule has 1 fully saturated rings.